The van der Waals surface area contributed by atoms with Crippen LogP contribution in [0.25, 0.3) is 0 Å². The first-order valence-electron chi connectivity index (χ1n) is 5.83. The molecule has 0 N–H and O–H groups in total. The van der Waals surface area contributed by atoms with E-state index < -0.39 is 17.4 Å². The molecule has 1 aromatic rings. The van der Waals surface area contributed by atoms with Crippen molar-refractivity contribution < 1.29 is 19.1 Å². The molecule has 96 valence electrons. The average molecular weight is 248 g/mol. The van der Waals surface area contributed by atoms with Crippen LogP contribution in [-0.4, -0.2) is 19.0 Å². The lowest BCUT2D eigenvalue weighted by Gasteiger charge is -2.15. The van der Waals surface area contributed by atoms with Gasteiger partial charge in [-0.15, -0.1) is 0 Å². The Hall–Kier alpha value is -1.84. The van der Waals surface area contributed by atoms with E-state index in [1.807, 2.05) is 31.2 Å². The van der Waals surface area contributed by atoms with Gasteiger partial charge in [-0.2, -0.15) is 0 Å². The van der Waals surface area contributed by atoms with Crippen LogP contribution in [0.2, 0.25) is 0 Å². The molecular weight excluding hydrogens is 232 g/mol. The molecule has 0 amide bonds. The van der Waals surface area contributed by atoms with Crippen LogP contribution in [0.15, 0.2) is 24.3 Å². The van der Waals surface area contributed by atoms with Crippen molar-refractivity contribution in [1.82, 2.24) is 0 Å². The number of aryl methyl sites for hydroxylation is 1. The Kier molecular flexibility index (Phi) is 3.11. The summed E-state index contributed by atoms with van der Waals surface area (Å²) < 4.78 is 9.96. The van der Waals surface area contributed by atoms with Crippen LogP contribution in [0.1, 0.15) is 30.6 Å². The quantitative estimate of drug-likeness (QED) is 0.594. The average Bonchev–Trinajstić information content (AvgIpc) is 2.67. The van der Waals surface area contributed by atoms with Gasteiger partial charge in [0.1, 0.15) is 6.10 Å². The van der Waals surface area contributed by atoms with E-state index in [0.717, 1.165) is 11.1 Å². The molecule has 1 aliphatic rings. The second kappa shape index (κ2) is 4.44. The van der Waals surface area contributed by atoms with Crippen LogP contribution < -0.4 is 0 Å². The molecule has 0 unspecified atom stereocenters. The molecular formula is C14H16O4. The van der Waals surface area contributed by atoms with Crippen LogP contribution in [0, 0.1) is 12.3 Å². The van der Waals surface area contributed by atoms with Gasteiger partial charge in [0.15, 0.2) is 5.41 Å². The molecule has 0 spiro atoms. The van der Waals surface area contributed by atoms with Gasteiger partial charge in [-0.3, -0.25) is 9.59 Å². The van der Waals surface area contributed by atoms with Crippen molar-refractivity contribution in [2.24, 2.45) is 5.41 Å². The largest absolute Gasteiger partial charge is 0.468 e. The summed E-state index contributed by atoms with van der Waals surface area (Å²) >= 11 is 0. The highest BCUT2D eigenvalue weighted by Gasteiger charge is 2.52. The Morgan fingerprint density at radius 2 is 2.00 bits per heavy atom. The molecule has 1 saturated heterocycles. The van der Waals surface area contributed by atoms with E-state index in [1.54, 1.807) is 6.92 Å². The SMILES string of the molecule is COC(=O)[C@@]1(C)C[C@@H](c2ccc(C)cc2)OC1=O. The summed E-state index contributed by atoms with van der Waals surface area (Å²) in [5.74, 6) is -1.05. The van der Waals surface area contributed by atoms with Crippen molar-refractivity contribution in [2.45, 2.75) is 26.4 Å². The number of cyclic esters (lactones) is 1. The third-order valence-corrected chi connectivity index (χ3v) is 3.38. The molecule has 0 aliphatic carbocycles. The molecule has 4 nitrogen and oxygen atoms in total. The van der Waals surface area contributed by atoms with Gasteiger partial charge in [-0.25, -0.2) is 0 Å². The van der Waals surface area contributed by atoms with Crippen LogP contribution in [0.3, 0.4) is 0 Å². The predicted molar refractivity (Wildman–Crippen MR) is 64.8 cm³/mol. The topological polar surface area (TPSA) is 52.6 Å². The predicted octanol–water partition coefficient (Wildman–Crippen LogP) is 2.16. The highest BCUT2D eigenvalue weighted by Crippen LogP contribution is 2.42. The minimum absolute atomic E-state index is 0.321. The second-order valence-electron chi connectivity index (χ2n) is 4.83. The first-order chi connectivity index (χ1) is 8.47. The molecule has 2 atom stereocenters. The number of benzene rings is 1. The van der Waals surface area contributed by atoms with E-state index in [2.05, 4.69) is 4.74 Å². The summed E-state index contributed by atoms with van der Waals surface area (Å²) in [6, 6.07) is 7.74. The van der Waals surface area contributed by atoms with Gasteiger partial charge in [-0.1, -0.05) is 29.8 Å². The van der Waals surface area contributed by atoms with Crippen molar-refractivity contribution in [3.63, 3.8) is 0 Å². The molecule has 2 rings (SSSR count). The Balaban J connectivity index is 2.23. The summed E-state index contributed by atoms with van der Waals surface area (Å²) in [6.45, 7) is 3.55. The van der Waals surface area contributed by atoms with Crippen LogP contribution in [0.5, 0.6) is 0 Å². The Bertz CT molecular complexity index is 477. The smallest absolute Gasteiger partial charge is 0.323 e. The Labute approximate surface area is 106 Å². The van der Waals surface area contributed by atoms with Gasteiger partial charge >= 0.3 is 11.9 Å². The number of ether oxygens (including phenoxy) is 2. The van der Waals surface area contributed by atoms with Gasteiger partial charge in [0.25, 0.3) is 0 Å². The Morgan fingerprint density at radius 3 is 2.56 bits per heavy atom. The maximum absolute atomic E-state index is 11.8. The molecule has 0 saturated carbocycles. The third kappa shape index (κ3) is 1.98. The molecule has 18 heavy (non-hydrogen) atoms. The molecule has 0 bridgehead atoms. The van der Waals surface area contributed by atoms with Gasteiger partial charge < -0.3 is 9.47 Å². The number of methoxy groups -OCH3 is 1. The zero-order valence-electron chi connectivity index (χ0n) is 10.7. The van der Waals surface area contributed by atoms with Crippen molar-refractivity contribution in [2.75, 3.05) is 7.11 Å². The lowest BCUT2D eigenvalue weighted by molar-refractivity contribution is -0.162. The third-order valence-electron chi connectivity index (χ3n) is 3.38. The van der Waals surface area contributed by atoms with E-state index >= 15 is 0 Å². The van der Waals surface area contributed by atoms with Gasteiger partial charge in [0.2, 0.25) is 0 Å². The maximum Gasteiger partial charge on any atom is 0.323 e. The van der Waals surface area contributed by atoms with Crippen molar-refractivity contribution >= 4 is 11.9 Å². The molecule has 4 heteroatoms. The highest BCUT2D eigenvalue weighted by molar-refractivity contribution is 6.00. The second-order valence-corrected chi connectivity index (χ2v) is 4.83. The summed E-state index contributed by atoms with van der Waals surface area (Å²) in [5, 5.41) is 0. The minimum atomic E-state index is -1.19. The van der Waals surface area contributed by atoms with E-state index in [1.165, 1.54) is 7.11 Å². The molecule has 1 aliphatic heterocycles. The Morgan fingerprint density at radius 1 is 1.39 bits per heavy atom. The van der Waals surface area contributed by atoms with Gasteiger partial charge in [-0.05, 0) is 19.4 Å². The molecule has 0 radical (unpaired) electrons. The number of hydrogen-bond donors (Lipinski definition) is 0. The fourth-order valence-corrected chi connectivity index (χ4v) is 2.11. The standard InChI is InChI=1S/C14H16O4/c1-9-4-6-10(7-5-9)11-8-14(2,12(15)17-3)13(16)18-11/h4-7,11H,8H2,1-3H3/t11-,14+/m0/s1. The molecule has 1 fully saturated rings. The number of carbonyl (C=O) groups is 2. The van der Waals surface area contributed by atoms with E-state index in [0.29, 0.717) is 6.42 Å². The monoisotopic (exact) mass is 248 g/mol. The lowest BCUT2D eigenvalue weighted by Crippen LogP contribution is -2.33. The molecule has 0 aromatic heterocycles. The summed E-state index contributed by atoms with van der Waals surface area (Å²) in [7, 11) is 1.28. The number of rotatable bonds is 2. The van der Waals surface area contributed by atoms with Crippen LogP contribution >= 0.6 is 0 Å². The summed E-state index contributed by atoms with van der Waals surface area (Å²) in [5.41, 5.74) is 0.852. The zero-order valence-corrected chi connectivity index (χ0v) is 10.7. The van der Waals surface area contributed by atoms with Crippen molar-refractivity contribution in [3.8, 4) is 0 Å². The number of hydrogen-bond acceptors (Lipinski definition) is 4. The number of esters is 2. The highest BCUT2D eigenvalue weighted by atomic mass is 16.6. The van der Waals surface area contributed by atoms with Crippen molar-refractivity contribution in [3.05, 3.63) is 35.4 Å². The normalized spacial score (nSPS) is 26.8. The first-order valence-corrected chi connectivity index (χ1v) is 5.83. The van der Waals surface area contributed by atoms with Gasteiger partial charge in [0, 0.05) is 6.42 Å². The zero-order chi connectivity index (χ0) is 13.3. The number of carbonyl (C=O) groups excluding carboxylic acids is 2. The van der Waals surface area contributed by atoms with Gasteiger partial charge in [0.05, 0.1) is 7.11 Å². The van der Waals surface area contributed by atoms with E-state index in [9.17, 15) is 9.59 Å². The lowest BCUT2D eigenvalue weighted by atomic mass is 9.85. The van der Waals surface area contributed by atoms with Crippen LogP contribution in [0.4, 0.5) is 0 Å². The summed E-state index contributed by atoms with van der Waals surface area (Å²) in [4.78, 5) is 23.5. The minimum Gasteiger partial charge on any atom is -0.468 e. The summed E-state index contributed by atoms with van der Waals surface area (Å²) in [6.07, 6.45) is -0.0520. The van der Waals surface area contributed by atoms with Crippen molar-refractivity contribution in [1.29, 1.82) is 0 Å². The van der Waals surface area contributed by atoms with E-state index in [-0.39, 0.29) is 6.10 Å². The van der Waals surface area contributed by atoms with Crippen LogP contribution in [-0.2, 0) is 19.1 Å². The molecule has 1 heterocycles. The van der Waals surface area contributed by atoms with E-state index in [4.69, 9.17) is 4.74 Å². The maximum atomic E-state index is 11.8. The fourth-order valence-electron chi connectivity index (χ4n) is 2.11. The fraction of sp³-hybridized carbons (Fsp3) is 0.429. The molecule has 1 aromatic carbocycles. The first kappa shape index (κ1) is 12.6.